The molecular weight excluding hydrogens is 312 g/mol. The summed E-state index contributed by atoms with van der Waals surface area (Å²) in [7, 11) is 1.73. The van der Waals surface area contributed by atoms with E-state index in [1.54, 1.807) is 7.11 Å². The summed E-state index contributed by atoms with van der Waals surface area (Å²) in [5, 5.41) is 8.00. The number of aliphatic hydroxyl groups excluding tert-OH is 1. The van der Waals surface area contributed by atoms with Gasteiger partial charge >= 0.3 is 0 Å². The van der Waals surface area contributed by atoms with Crippen LogP contribution in [-0.4, -0.2) is 25.1 Å². The van der Waals surface area contributed by atoms with Gasteiger partial charge in [0.1, 0.15) is 12.0 Å². The van der Waals surface area contributed by atoms with Crippen LogP contribution in [0.4, 0.5) is 0 Å². The summed E-state index contributed by atoms with van der Waals surface area (Å²) in [6.45, 7) is 5.23. The van der Waals surface area contributed by atoms with E-state index < -0.39 is 0 Å². The number of methoxy groups -OCH3 is 1. The van der Waals surface area contributed by atoms with Crippen molar-refractivity contribution >= 4 is 6.29 Å². The van der Waals surface area contributed by atoms with Gasteiger partial charge in [-0.2, -0.15) is 0 Å². The van der Waals surface area contributed by atoms with E-state index >= 15 is 0 Å². The first-order valence-corrected chi connectivity index (χ1v) is 9.52. The van der Waals surface area contributed by atoms with Crippen molar-refractivity contribution in [3.63, 3.8) is 0 Å². The van der Waals surface area contributed by atoms with E-state index in [0.29, 0.717) is 6.29 Å². The molecule has 1 aromatic rings. The van der Waals surface area contributed by atoms with Gasteiger partial charge in [-0.3, -0.25) is 4.79 Å². The van der Waals surface area contributed by atoms with Crippen molar-refractivity contribution in [1.82, 2.24) is 0 Å². The molecule has 25 heavy (non-hydrogen) atoms. The van der Waals surface area contributed by atoms with Gasteiger partial charge in [-0.25, -0.2) is 0 Å². The van der Waals surface area contributed by atoms with Crippen molar-refractivity contribution in [2.45, 2.75) is 64.2 Å². The van der Waals surface area contributed by atoms with Gasteiger partial charge in [0.05, 0.1) is 13.7 Å². The molecule has 0 radical (unpaired) electrons. The van der Waals surface area contributed by atoms with Crippen LogP contribution in [0.5, 0.6) is 5.75 Å². The second-order valence-electron chi connectivity index (χ2n) is 6.92. The molecular formula is C22H34O3. The molecule has 0 heterocycles. The Hall–Kier alpha value is -1.61. The lowest BCUT2D eigenvalue weighted by Gasteiger charge is -2.29. The molecule has 1 aromatic carbocycles. The highest BCUT2D eigenvalue weighted by molar-refractivity contribution is 5.72. The minimum Gasteiger partial charge on any atom is -0.497 e. The third-order valence-corrected chi connectivity index (χ3v) is 5.02. The maximum absolute atomic E-state index is 9.48. The molecule has 1 saturated carbocycles. The lowest BCUT2D eigenvalue weighted by Crippen LogP contribution is -2.13. The molecule has 3 nitrogen and oxygen atoms in total. The number of carbonyl (C=O) groups is 1. The van der Waals surface area contributed by atoms with E-state index in [-0.39, 0.29) is 12.2 Å². The number of benzene rings is 1. The van der Waals surface area contributed by atoms with Crippen LogP contribution in [0.3, 0.4) is 0 Å². The Kier molecular flexibility index (Phi) is 10.9. The maximum atomic E-state index is 9.48. The Morgan fingerprint density at radius 3 is 2.28 bits per heavy atom. The van der Waals surface area contributed by atoms with Crippen molar-refractivity contribution in [1.29, 1.82) is 0 Å². The summed E-state index contributed by atoms with van der Waals surface area (Å²) in [6.07, 6.45) is 11.8. The number of carbonyl (C=O) groups excluding carboxylic acids is 1. The quantitative estimate of drug-likeness (QED) is 0.395. The van der Waals surface area contributed by atoms with Crippen molar-refractivity contribution < 1.29 is 14.6 Å². The molecule has 140 valence electrons. The third-order valence-electron chi connectivity index (χ3n) is 5.02. The van der Waals surface area contributed by atoms with Gasteiger partial charge in [-0.1, -0.05) is 51.3 Å². The number of aliphatic hydroxyl groups is 1. The maximum Gasteiger partial charge on any atom is 0.147 e. The molecule has 3 heteroatoms. The molecule has 0 atom stereocenters. The first-order chi connectivity index (χ1) is 12.1. The summed E-state index contributed by atoms with van der Waals surface area (Å²) in [6, 6.07) is 8.70. The second-order valence-corrected chi connectivity index (χ2v) is 6.92. The molecule has 0 aromatic heterocycles. The normalized spacial score (nSPS) is 19.5. The number of unbranched alkanes of at least 4 members (excludes halogenated alkanes) is 2. The Bertz CT molecular complexity index is 484. The Morgan fingerprint density at radius 1 is 1.20 bits per heavy atom. The fraction of sp³-hybridized carbons (Fsp3) is 0.591. The average molecular weight is 347 g/mol. The summed E-state index contributed by atoms with van der Waals surface area (Å²) >= 11 is 0. The Balaban J connectivity index is 0.000000450. The number of ether oxygens (including phenoxy) is 1. The van der Waals surface area contributed by atoms with Crippen LogP contribution in [0.25, 0.3) is 0 Å². The van der Waals surface area contributed by atoms with Crippen molar-refractivity contribution in [2.24, 2.45) is 5.92 Å². The molecule has 0 unspecified atom stereocenters. The SMILES string of the molecule is C=C(C=O)CO.CCCCCC1CCC(c2ccc(OC)cc2)CC1. The minimum absolute atomic E-state index is 0.218. The molecule has 0 aliphatic heterocycles. The highest BCUT2D eigenvalue weighted by Crippen LogP contribution is 2.38. The zero-order valence-electron chi connectivity index (χ0n) is 15.9. The predicted molar refractivity (Wildman–Crippen MR) is 104 cm³/mol. The van der Waals surface area contributed by atoms with Crippen LogP contribution in [0, 0.1) is 5.92 Å². The van der Waals surface area contributed by atoms with Crippen LogP contribution >= 0.6 is 0 Å². The standard InChI is InChI=1S/C18H28O.C4H6O2/c1-3-4-5-6-15-7-9-16(10-8-15)17-11-13-18(19-2)14-12-17;1-4(2-5)3-6/h11-16H,3-10H2,1-2H3;2,6H,1,3H2. The van der Waals surface area contributed by atoms with Gasteiger partial charge in [0.15, 0.2) is 0 Å². The van der Waals surface area contributed by atoms with Crippen LogP contribution < -0.4 is 4.74 Å². The van der Waals surface area contributed by atoms with Crippen molar-refractivity contribution in [3.8, 4) is 5.75 Å². The summed E-state index contributed by atoms with van der Waals surface area (Å²) in [5.41, 5.74) is 1.72. The van der Waals surface area contributed by atoms with Gasteiger partial charge in [-0.05, 0) is 55.2 Å². The van der Waals surface area contributed by atoms with Gasteiger partial charge < -0.3 is 9.84 Å². The van der Waals surface area contributed by atoms with Gasteiger partial charge in [0.2, 0.25) is 0 Å². The molecule has 0 spiro atoms. The summed E-state index contributed by atoms with van der Waals surface area (Å²) in [5.74, 6) is 2.76. The summed E-state index contributed by atoms with van der Waals surface area (Å²) < 4.78 is 5.23. The predicted octanol–water partition coefficient (Wildman–Crippen LogP) is 5.28. The molecule has 0 saturated heterocycles. The first-order valence-electron chi connectivity index (χ1n) is 9.52. The lowest BCUT2D eigenvalue weighted by molar-refractivity contribution is -0.105. The van der Waals surface area contributed by atoms with Crippen LogP contribution in [0.2, 0.25) is 0 Å². The van der Waals surface area contributed by atoms with Crippen LogP contribution in [0.15, 0.2) is 36.4 Å². The van der Waals surface area contributed by atoms with Crippen molar-refractivity contribution in [2.75, 3.05) is 13.7 Å². The van der Waals surface area contributed by atoms with E-state index in [1.165, 1.54) is 56.9 Å². The molecule has 1 fully saturated rings. The Morgan fingerprint density at radius 2 is 1.84 bits per heavy atom. The van der Waals surface area contributed by atoms with E-state index in [0.717, 1.165) is 17.6 Å². The molecule has 2 rings (SSSR count). The van der Waals surface area contributed by atoms with Crippen LogP contribution in [-0.2, 0) is 4.79 Å². The fourth-order valence-electron chi connectivity index (χ4n) is 3.38. The smallest absolute Gasteiger partial charge is 0.147 e. The van der Waals surface area contributed by atoms with E-state index in [9.17, 15) is 4.79 Å². The molecule has 1 aliphatic rings. The lowest BCUT2D eigenvalue weighted by atomic mass is 9.77. The average Bonchev–Trinajstić information content (AvgIpc) is 2.68. The molecule has 0 bridgehead atoms. The number of aldehydes is 1. The monoisotopic (exact) mass is 346 g/mol. The van der Waals surface area contributed by atoms with Gasteiger partial charge in [0, 0.05) is 5.57 Å². The molecule has 1 aliphatic carbocycles. The number of hydrogen-bond acceptors (Lipinski definition) is 3. The van der Waals surface area contributed by atoms with E-state index in [4.69, 9.17) is 9.84 Å². The second kappa shape index (κ2) is 12.7. The number of rotatable bonds is 8. The Labute approximate surface area is 153 Å². The van der Waals surface area contributed by atoms with Gasteiger partial charge in [-0.15, -0.1) is 0 Å². The molecule has 1 N–H and O–H groups in total. The fourth-order valence-corrected chi connectivity index (χ4v) is 3.38. The highest BCUT2D eigenvalue weighted by Gasteiger charge is 2.21. The first kappa shape index (κ1) is 21.4. The topological polar surface area (TPSA) is 46.5 Å². The number of hydrogen-bond donors (Lipinski definition) is 1. The highest BCUT2D eigenvalue weighted by atomic mass is 16.5. The van der Waals surface area contributed by atoms with E-state index in [2.05, 4.69) is 37.8 Å². The van der Waals surface area contributed by atoms with E-state index in [1.807, 2.05) is 0 Å². The molecule has 0 amide bonds. The van der Waals surface area contributed by atoms with Crippen molar-refractivity contribution in [3.05, 3.63) is 42.0 Å². The van der Waals surface area contributed by atoms with Gasteiger partial charge in [0.25, 0.3) is 0 Å². The zero-order valence-corrected chi connectivity index (χ0v) is 15.9. The summed E-state index contributed by atoms with van der Waals surface area (Å²) in [4.78, 5) is 9.48. The largest absolute Gasteiger partial charge is 0.497 e. The minimum atomic E-state index is -0.233. The third kappa shape index (κ3) is 8.35. The van der Waals surface area contributed by atoms with Crippen LogP contribution in [0.1, 0.15) is 69.8 Å². The zero-order chi connectivity index (χ0) is 18.5.